The van der Waals surface area contributed by atoms with Gasteiger partial charge < -0.3 is 14.6 Å². The maximum Gasteiger partial charge on any atom is 0.303 e. The summed E-state index contributed by atoms with van der Waals surface area (Å²) in [5.74, 6) is 0.336. The Morgan fingerprint density at radius 3 is 2.53 bits per heavy atom. The minimum atomic E-state index is -0.827. The Bertz CT molecular complexity index is 417. The van der Waals surface area contributed by atoms with Crippen LogP contribution in [0.25, 0.3) is 0 Å². The lowest BCUT2D eigenvalue weighted by Gasteiger charge is -2.17. The van der Waals surface area contributed by atoms with Crippen LogP contribution in [0.2, 0.25) is 0 Å². The average molecular weight is 303 g/mol. The molecule has 0 spiro atoms. The Hall–Kier alpha value is -1.23. The third kappa shape index (κ3) is 3.12. The molecular weight excluding hydrogens is 288 g/mol. The minimum Gasteiger partial charge on any atom is -0.495 e. The van der Waals surface area contributed by atoms with Gasteiger partial charge in [0, 0.05) is 0 Å². The van der Waals surface area contributed by atoms with E-state index in [1.165, 1.54) is 0 Å². The quantitative estimate of drug-likeness (QED) is 0.908. The Labute approximate surface area is 109 Å². The van der Waals surface area contributed by atoms with Crippen molar-refractivity contribution in [3.05, 3.63) is 22.2 Å². The van der Waals surface area contributed by atoms with Gasteiger partial charge in [-0.05, 0) is 33.5 Å². The molecule has 1 aromatic rings. The van der Waals surface area contributed by atoms with E-state index >= 15 is 0 Å². The molecule has 1 N–H and O–H groups in total. The minimum absolute atomic E-state index is 0.0646. The van der Waals surface area contributed by atoms with Gasteiger partial charge >= 0.3 is 5.97 Å². The van der Waals surface area contributed by atoms with E-state index in [-0.39, 0.29) is 12.3 Å². The lowest BCUT2D eigenvalue weighted by molar-refractivity contribution is -0.137. The highest BCUT2D eigenvalue weighted by Crippen LogP contribution is 2.40. The van der Waals surface area contributed by atoms with Gasteiger partial charge in [-0.25, -0.2) is 0 Å². The average Bonchev–Trinajstić information content (AvgIpc) is 2.27. The summed E-state index contributed by atoms with van der Waals surface area (Å²) in [6, 6.07) is 3.62. The molecule has 0 aliphatic rings. The second-order valence-corrected chi connectivity index (χ2v) is 4.50. The first-order chi connectivity index (χ1) is 8.01. The number of carboxylic acids is 1. The molecule has 0 heterocycles. The molecule has 0 saturated heterocycles. The largest absolute Gasteiger partial charge is 0.495 e. The number of carbonyl (C=O) groups is 1. The predicted molar refractivity (Wildman–Crippen MR) is 67.9 cm³/mol. The van der Waals surface area contributed by atoms with Crippen LogP contribution in [0.15, 0.2) is 16.6 Å². The van der Waals surface area contributed by atoms with Gasteiger partial charge in [0.2, 0.25) is 0 Å². The number of ether oxygens (including phenoxy) is 2. The van der Waals surface area contributed by atoms with E-state index in [2.05, 4.69) is 15.9 Å². The lowest BCUT2D eigenvalue weighted by atomic mass is 9.97. The molecule has 0 aliphatic carbocycles. The van der Waals surface area contributed by atoms with Crippen molar-refractivity contribution in [3.63, 3.8) is 0 Å². The van der Waals surface area contributed by atoms with Crippen molar-refractivity contribution in [2.75, 3.05) is 14.2 Å². The molecule has 0 aliphatic heterocycles. The fourth-order valence-electron chi connectivity index (χ4n) is 1.68. The molecule has 0 saturated carbocycles. The van der Waals surface area contributed by atoms with Crippen LogP contribution in [0.4, 0.5) is 0 Å². The highest BCUT2D eigenvalue weighted by atomic mass is 79.9. The molecule has 0 aromatic heterocycles. The number of benzene rings is 1. The van der Waals surface area contributed by atoms with E-state index in [0.29, 0.717) is 16.0 Å². The van der Waals surface area contributed by atoms with Crippen LogP contribution in [0.1, 0.15) is 24.8 Å². The molecule has 0 fully saturated rings. The Morgan fingerprint density at radius 2 is 2.06 bits per heavy atom. The molecule has 1 unspecified atom stereocenters. The van der Waals surface area contributed by atoms with E-state index in [0.717, 1.165) is 5.56 Å². The van der Waals surface area contributed by atoms with Crippen molar-refractivity contribution in [1.29, 1.82) is 0 Å². The van der Waals surface area contributed by atoms with Crippen LogP contribution in [0.5, 0.6) is 11.5 Å². The van der Waals surface area contributed by atoms with Crippen LogP contribution in [0, 0.1) is 0 Å². The second kappa shape index (κ2) is 5.91. The summed E-state index contributed by atoms with van der Waals surface area (Å²) in [6.07, 6.45) is 0.0646. The Balaban J connectivity index is 3.16. The van der Waals surface area contributed by atoms with Crippen molar-refractivity contribution in [2.24, 2.45) is 0 Å². The van der Waals surface area contributed by atoms with Crippen molar-refractivity contribution in [3.8, 4) is 11.5 Å². The Morgan fingerprint density at radius 1 is 1.41 bits per heavy atom. The zero-order valence-electron chi connectivity index (χ0n) is 9.99. The number of aliphatic carboxylic acids is 1. The summed E-state index contributed by atoms with van der Waals surface area (Å²) in [6.45, 7) is 1.85. The molecule has 0 radical (unpaired) electrons. The molecule has 94 valence electrons. The van der Waals surface area contributed by atoms with Crippen LogP contribution in [-0.4, -0.2) is 25.3 Å². The smallest absolute Gasteiger partial charge is 0.303 e. The topological polar surface area (TPSA) is 55.8 Å². The summed E-state index contributed by atoms with van der Waals surface area (Å²) in [5.41, 5.74) is 0.850. The number of carboxylic acid groups (broad SMARTS) is 1. The van der Waals surface area contributed by atoms with Crippen molar-refractivity contribution < 1.29 is 19.4 Å². The molecule has 1 atom stereocenters. The standard InChI is InChI=1S/C12H15BrO4/c1-7(6-10(14)15)8-4-5-9(16-2)11(13)12(8)17-3/h4-5,7H,6H2,1-3H3,(H,14,15). The first kappa shape index (κ1) is 13.8. The molecular formula is C12H15BrO4. The number of halogens is 1. The highest BCUT2D eigenvalue weighted by molar-refractivity contribution is 9.10. The van der Waals surface area contributed by atoms with Crippen LogP contribution >= 0.6 is 15.9 Å². The maximum atomic E-state index is 10.7. The van der Waals surface area contributed by atoms with Gasteiger partial charge in [0.1, 0.15) is 16.0 Å². The third-order valence-electron chi connectivity index (χ3n) is 2.53. The van der Waals surface area contributed by atoms with Crippen molar-refractivity contribution in [2.45, 2.75) is 19.3 Å². The van der Waals surface area contributed by atoms with Gasteiger partial charge in [0.05, 0.1) is 20.6 Å². The Kier molecular flexibility index (Phi) is 4.81. The first-order valence-electron chi connectivity index (χ1n) is 5.13. The summed E-state index contributed by atoms with van der Waals surface area (Å²) in [5, 5.41) is 8.80. The summed E-state index contributed by atoms with van der Waals surface area (Å²) in [7, 11) is 3.12. The molecule has 5 heteroatoms. The van der Waals surface area contributed by atoms with Gasteiger partial charge in [0.15, 0.2) is 0 Å². The predicted octanol–water partition coefficient (Wildman–Crippen LogP) is 3.04. The lowest BCUT2D eigenvalue weighted by Crippen LogP contribution is -2.05. The molecule has 0 amide bonds. The molecule has 1 aromatic carbocycles. The number of rotatable bonds is 5. The molecule has 4 nitrogen and oxygen atoms in total. The summed E-state index contributed by atoms with van der Waals surface area (Å²) in [4.78, 5) is 10.7. The van der Waals surface area contributed by atoms with Crippen molar-refractivity contribution >= 4 is 21.9 Å². The number of hydrogen-bond donors (Lipinski definition) is 1. The maximum absolute atomic E-state index is 10.7. The first-order valence-corrected chi connectivity index (χ1v) is 5.92. The normalized spacial score (nSPS) is 12.0. The van der Waals surface area contributed by atoms with E-state index in [9.17, 15) is 4.79 Å². The molecule has 1 rings (SSSR count). The summed E-state index contributed by atoms with van der Waals surface area (Å²) < 4.78 is 11.2. The monoisotopic (exact) mass is 302 g/mol. The third-order valence-corrected chi connectivity index (χ3v) is 3.28. The van der Waals surface area contributed by atoms with Gasteiger partial charge in [-0.1, -0.05) is 13.0 Å². The van der Waals surface area contributed by atoms with E-state index in [4.69, 9.17) is 14.6 Å². The highest BCUT2D eigenvalue weighted by Gasteiger charge is 2.19. The van der Waals surface area contributed by atoms with Crippen LogP contribution in [0.3, 0.4) is 0 Å². The SMILES string of the molecule is COc1ccc(C(C)CC(=O)O)c(OC)c1Br. The van der Waals surface area contributed by atoms with E-state index in [1.807, 2.05) is 13.0 Å². The van der Waals surface area contributed by atoms with Gasteiger partial charge in [0.25, 0.3) is 0 Å². The zero-order valence-corrected chi connectivity index (χ0v) is 11.6. The number of methoxy groups -OCH3 is 2. The fourth-order valence-corrected chi connectivity index (χ4v) is 2.36. The molecule has 17 heavy (non-hydrogen) atoms. The summed E-state index contributed by atoms with van der Waals surface area (Å²) >= 11 is 3.39. The van der Waals surface area contributed by atoms with Crippen LogP contribution < -0.4 is 9.47 Å². The van der Waals surface area contributed by atoms with Gasteiger partial charge in [-0.2, -0.15) is 0 Å². The van der Waals surface area contributed by atoms with Gasteiger partial charge in [-0.15, -0.1) is 0 Å². The number of hydrogen-bond acceptors (Lipinski definition) is 3. The fraction of sp³-hybridized carbons (Fsp3) is 0.417. The zero-order chi connectivity index (χ0) is 13.0. The van der Waals surface area contributed by atoms with E-state index in [1.54, 1.807) is 20.3 Å². The molecule has 0 bridgehead atoms. The van der Waals surface area contributed by atoms with Crippen LogP contribution in [-0.2, 0) is 4.79 Å². The van der Waals surface area contributed by atoms with Gasteiger partial charge in [-0.3, -0.25) is 4.79 Å². The van der Waals surface area contributed by atoms with E-state index < -0.39 is 5.97 Å². The second-order valence-electron chi connectivity index (χ2n) is 3.70. The van der Waals surface area contributed by atoms with Crippen molar-refractivity contribution in [1.82, 2.24) is 0 Å².